The van der Waals surface area contributed by atoms with Crippen molar-refractivity contribution in [3.05, 3.63) is 33.3 Å². The molecule has 0 aliphatic heterocycles. The molecule has 0 bridgehead atoms. The number of hydrogen-bond acceptors (Lipinski definition) is 4. The average Bonchev–Trinajstić information content (AvgIpc) is 3.08. The van der Waals surface area contributed by atoms with Gasteiger partial charge in [0.25, 0.3) is 0 Å². The van der Waals surface area contributed by atoms with E-state index in [1.807, 2.05) is 4.90 Å². The minimum atomic E-state index is -0.468. The Kier molecular flexibility index (Phi) is 3.49. The van der Waals surface area contributed by atoms with Crippen LogP contribution in [0.4, 0.5) is 11.4 Å². The van der Waals surface area contributed by atoms with Crippen molar-refractivity contribution in [1.29, 1.82) is 0 Å². The number of halogens is 1. The molecule has 1 fully saturated rings. The lowest BCUT2D eigenvalue weighted by Gasteiger charge is -2.23. The minimum Gasteiger partial charge on any atom is -0.395 e. The zero-order valence-electron chi connectivity index (χ0n) is 9.17. The normalized spacial score (nSPS) is 14.7. The highest BCUT2D eigenvalue weighted by Crippen LogP contribution is 2.40. The Morgan fingerprint density at radius 1 is 1.53 bits per heavy atom. The van der Waals surface area contributed by atoms with Gasteiger partial charge in [-0.3, -0.25) is 10.1 Å². The lowest BCUT2D eigenvalue weighted by molar-refractivity contribution is -0.384. The third-order valence-electron chi connectivity index (χ3n) is 2.79. The Balaban J connectivity index is 2.41. The van der Waals surface area contributed by atoms with Gasteiger partial charge in [-0.15, -0.1) is 0 Å². The van der Waals surface area contributed by atoms with Crippen molar-refractivity contribution in [3.63, 3.8) is 0 Å². The average molecular weight is 257 g/mol. The second kappa shape index (κ2) is 4.89. The van der Waals surface area contributed by atoms with Crippen LogP contribution in [0.3, 0.4) is 0 Å². The molecule has 6 heteroatoms. The van der Waals surface area contributed by atoms with Crippen LogP contribution in [-0.2, 0) is 0 Å². The maximum Gasteiger partial charge on any atom is 0.310 e. The van der Waals surface area contributed by atoms with E-state index < -0.39 is 4.92 Å². The summed E-state index contributed by atoms with van der Waals surface area (Å²) in [5, 5.41) is 20.2. The molecule has 1 aromatic carbocycles. The van der Waals surface area contributed by atoms with Crippen LogP contribution in [0, 0.1) is 10.1 Å². The summed E-state index contributed by atoms with van der Waals surface area (Å²) in [5.74, 6) is 0. The van der Waals surface area contributed by atoms with Crippen LogP contribution in [0.5, 0.6) is 0 Å². The Labute approximate surface area is 104 Å². The van der Waals surface area contributed by atoms with E-state index in [-0.39, 0.29) is 17.3 Å². The SMILES string of the molecule is O=[N+]([O-])c1c(Cl)cccc1N(CCO)C1CC1. The van der Waals surface area contributed by atoms with Gasteiger partial charge < -0.3 is 10.0 Å². The van der Waals surface area contributed by atoms with Crippen molar-refractivity contribution in [3.8, 4) is 0 Å². The number of nitro benzene ring substituents is 1. The molecule has 0 spiro atoms. The van der Waals surface area contributed by atoms with Crippen LogP contribution in [0.25, 0.3) is 0 Å². The van der Waals surface area contributed by atoms with E-state index in [1.54, 1.807) is 12.1 Å². The summed E-state index contributed by atoms with van der Waals surface area (Å²) in [6.45, 7) is 0.367. The van der Waals surface area contributed by atoms with Crippen molar-refractivity contribution < 1.29 is 10.0 Å². The van der Waals surface area contributed by atoms with Gasteiger partial charge in [0.15, 0.2) is 0 Å². The van der Waals surface area contributed by atoms with E-state index in [2.05, 4.69) is 0 Å². The highest BCUT2D eigenvalue weighted by molar-refractivity contribution is 6.33. The highest BCUT2D eigenvalue weighted by Gasteiger charge is 2.33. The van der Waals surface area contributed by atoms with Gasteiger partial charge in [0, 0.05) is 12.6 Å². The van der Waals surface area contributed by atoms with Crippen molar-refractivity contribution in [2.75, 3.05) is 18.1 Å². The maximum absolute atomic E-state index is 11.0. The molecule has 0 saturated heterocycles. The van der Waals surface area contributed by atoms with Gasteiger partial charge in [0.2, 0.25) is 0 Å². The number of nitro groups is 1. The molecule has 17 heavy (non-hydrogen) atoms. The number of anilines is 1. The molecule has 0 unspecified atom stereocenters. The van der Waals surface area contributed by atoms with Crippen LogP contribution in [-0.4, -0.2) is 29.2 Å². The molecule has 1 N–H and O–H groups in total. The van der Waals surface area contributed by atoms with E-state index in [4.69, 9.17) is 16.7 Å². The van der Waals surface area contributed by atoms with Gasteiger partial charge in [-0.2, -0.15) is 0 Å². The fourth-order valence-electron chi connectivity index (χ4n) is 1.91. The Morgan fingerprint density at radius 3 is 2.76 bits per heavy atom. The molecule has 1 aliphatic rings. The number of rotatable bonds is 5. The zero-order chi connectivity index (χ0) is 12.4. The molecule has 0 atom stereocenters. The number of aliphatic hydroxyl groups excluding tert-OH is 1. The molecule has 92 valence electrons. The Hall–Kier alpha value is -1.33. The molecule has 1 saturated carbocycles. The van der Waals surface area contributed by atoms with Crippen LogP contribution < -0.4 is 4.90 Å². The Bertz CT molecular complexity index is 435. The molecule has 1 aromatic rings. The number of para-hydroxylation sites is 1. The van der Waals surface area contributed by atoms with Crippen molar-refractivity contribution in [1.82, 2.24) is 0 Å². The first-order chi connectivity index (χ1) is 8.15. The number of nitrogens with zero attached hydrogens (tertiary/aromatic N) is 2. The van der Waals surface area contributed by atoms with Crippen LogP contribution in [0.2, 0.25) is 5.02 Å². The first-order valence-corrected chi connectivity index (χ1v) is 5.83. The lowest BCUT2D eigenvalue weighted by atomic mass is 10.2. The summed E-state index contributed by atoms with van der Waals surface area (Å²) in [4.78, 5) is 12.4. The van der Waals surface area contributed by atoms with Gasteiger partial charge in [-0.05, 0) is 25.0 Å². The number of benzene rings is 1. The standard InChI is InChI=1S/C11H13ClN2O3/c12-9-2-1-3-10(11(9)14(16)17)13(6-7-15)8-4-5-8/h1-3,8,15H,4-7H2. The van der Waals surface area contributed by atoms with Gasteiger partial charge in [0.1, 0.15) is 10.7 Å². The number of aliphatic hydroxyl groups is 1. The fraction of sp³-hybridized carbons (Fsp3) is 0.455. The topological polar surface area (TPSA) is 66.6 Å². The summed E-state index contributed by atoms with van der Waals surface area (Å²) in [6.07, 6.45) is 2.01. The van der Waals surface area contributed by atoms with E-state index in [1.165, 1.54) is 6.07 Å². The van der Waals surface area contributed by atoms with Crippen LogP contribution >= 0.6 is 11.6 Å². The fourth-order valence-corrected chi connectivity index (χ4v) is 2.15. The maximum atomic E-state index is 11.0. The Morgan fingerprint density at radius 2 is 2.24 bits per heavy atom. The zero-order valence-corrected chi connectivity index (χ0v) is 9.93. The monoisotopic (exact) mass is 256 g/mol. The molecule has 0 aromatic heterocycles. The third kappa shape index (κ3) is 2.50. The number of hydrogen-bond donors (Lipinski definition) is 1. The summed E-state index contributed by atoms with van der Waals surface area (Å²) < 4.78 is 0. The molecule has 5 nitrogen and oxygen atoms in total. The van der Waals surface area contributed by atoms with Crippen molar-refractivity contribution in [2.24, 2.45) is 0 Å². The van der Waals surface area contributed by atoms with E-state index in [0.717, 1.165) is 12.8 Å². The molecular weight excluding hydrogens is 244 g/mol. The van der Waals surface area contributed by atoms with E-state index in [0.29, 0.717) is 18.3 Å². The predicted octanol–water partition coefficient (Wildman–Crippen LogP) is 2.21. The van der Waals surface area contributed by atoms with E-state index in [9.17, 15) is 10.1 Å². The second-order valence-electron chi connectivity index (χ2n) is 4.01. The third-order valence-corrected chi connectivity index (χ3v) is 3.09. The first-order valence-electron chi connectivity index (χ1n) is 5.45. The highest BCUT2D eigenvalue weighted by atomic mass is 35.5. The lowest BCUT2D eigenvalue weighted by Crippen LogP contribution is -2.29. The van der Waals surface area contributed by atoms with Crippen molar-refractivity contribution in [2.45, 2.75) is 18.9 Å². The van der Waals surface area contributed by atoms with Gasteiger partial charge in [-0.1, -0.05) is 17.7 Å². The molecule has 0 radical (unpaired) electrons. The summed E-state index contributed by atoms with van der Waals surface area (Å²) in [7, 11) is 0. The molecular formula is C11H13ClN2O3. The second-order valence-corrected chi connectivity index (χ2v) is 4.42. The molecule has 0 heterocycles. The van der Waals surface area contributed by atoms with Crippen LogP contribution in [0.15, 0.2) is 18.2 Å². The quantitative estimate of drug-likeness (QED) is 0.648. The van der Waals surface area contributed by atoms with Gasteiger partial charge in [-0.25, -0.2) is 0 Å². The summed E-state index contributed by atoms with van der Waals surface area (Å²) >= 11 is 5.86. The largest absolute Gasteiger partial charge is 0.395 e. The van der Waals surface area contributed by atoms with Gasteiger partial charge >= 0.3 is 5.69 Å². The molecule has 1 aliphatic carbocycles. The first kappa shape index (κ1) is 12.1. The molecule has 0 amide bonds. The van der Waals surface area contributed by atoms with Crippen LogP contribution in [0.1, 0.15) is 12.8 Å². The predicted molar refractivity (Wildman–Crippen MR) is 65.6 cm³/mol. The smallest absolute Gasteiger partial charge is 0.310 e. The minimum absolute atomic E-state index is 0.0276. The molecule has 2 rings (SSSR count). The van der Waals surface area contributed by atoms with E-state index >= 15 is 0 Å². The summed E-state index contributed by atoms with van der Waals surface area (Å²) in [5.41, 5.74) is 0.425. The summed E-state index contributed by atoms with van der Waals surface area (Å²) in [6, 6.07) is 5.17. The van der Waals surface area contributed by atoms with Gasteiger partial charge in [0.05, 0.1) is 11.5 Å². The van der Waals surface area contributed by atoms with Crippen molar-refractivity contribution >= 4 is 23.0 Å².